The quantitative estimate of drug-likeness (QED) is 0.399. The number of nitrogens with zero attached hydrogens (tertiary/aromatic N) is 4. The minimum Gasteiger partial charge on any atom is -0.457 e. The molecular weight excluding hydrogens is 474 g/mol. The van der Waals surface area contributed by atoms with Crippen molar-refractivity contribution in [3.63, 3.8) is 0 Å². The van der Waals surface area contributed by atoms with Gasteiger partial charge in [-0.3, -0.25) is 4.72 Å². The van der Waals surface area contributed by atoms with Crippen LogP contribution in [0.2, 0.25) is 0 Å². The van der Waals surface area contributed by atoms with E-state index in [1.165, 1.54) is 12.1 Å². The van der Waals surface area contributed by atoms with Crippen LogP contribution in [0.4, 0.5) is 11.5 Å². The van der Waals surface area contributed by atoms with Gasteiger partial charge in [-0.15, -0.1) is 10.2 Å². The fourth-order valence-corrected chi connectivity index (χ4v) is 5.00. The van der Waals surface area contributed by atoms with Crippen LogP contribution < -0.4 is 14.4 Å². The van der Waals surface area contributed by atoms with E-state index in [1.807, 2.05) is 48.5 Å². The zero-order valence-corrected chi connectivity index (χ0v) is 20.7. The van der Waals surface area contributed by atoms with Crippen molar-refractivity contribution in [2.75, 3.05) is 42.8 Å². The van der Waals surface area contributed by atoms with Crippen molar-refractivity contribution in [2.24, 2.45) is 0 Å². The number of benzene rings is 3. The average molecular weight is 502 g/mol. The highest BCUT2D eigenvalue weighted by Crippen LogP contribution is 2.26. The number of piperazine rings is 1. The monoisotopic (exact) mass is 501 g/mol. The Hall–Kier alpha value is -3.95. The van der Waals surface area contributed by atoms with Gasteiger partial charge >= 0.3 is 0 Å². The van der Waals surface area contributed by atoms with Crippen LogP contribution in [0.15, 0.2) is 95.9 Å². The van der Waals surface area contributed by atoms with Crippen LogP contribution in [-0.2, 0) is 10.0 Å². The van der Waals surface area contributed by atoms with E-state index in [0.717, 1.165) is 37.6 Å². The number of hydrogen-bond acceptors (Lipinski definition) is 7. The number of anilines is 2. The number of rotatable bonds is 7. The topological polar surface area (TPSA) is 87.7 Å². The van der Waals surface area contributed by atoms with E-state index in [2.05, 4.69) is 31.8 Å². The number of likely N-dealkylation sites (N-methyl/N-ethyl adjacent to an activating group) is 1. The van der Waals surface area contributed by atoms with Crippen LogP contribution >= 0.6 is 0 Å². The lowest BCUT2D eigenvalue weighted by Gasteiger charge is -2.32. The van der Waals surface area contributed by atoms with E-state index >= 15 is 0 Å². The van der Waals surface area contributed by atoms with E-state index in [0.29, 0.717) is 22.9 Å². The predicted octanol–water partition coefficient (Wildman–Crippen LogP) is 4.49. The Kier molecular flexibility index (Phi) is 6.84. The smallest absolute Gasteiger partial charge is 0.261 e. The van der Waals surface area contributed by atoms with Gasteiger partial charge in [0.2, 0.25) is 0 Å². The van der Waals surface area contributed by atoms with E-state index < -0.39 is 10.0 Å². The van der Waals surface area contributed by atoms with E-state index in [4.69, 9.17) is 4.74 Å². The van der Waals surface area contributed by atoms with Crippen LogP contribution in [0, 0.1) is 0 Å². The molecule has 9 heteroatoms. The third-order valence-electron chi connectivity index (χ3n) is 6.00. The summed E-state index contributed by atoms with van der Waals surface area (Å²) in [6.45, 7) is 3.82. The molecule has 1 fully saturated rings. The van der Waals surface area contributed by atoms with Crippen molar-refractivity contribution in [2.45, 2.75) is 4.90 Å². The van der Waals surface area contributed by atoms with Gasteiger partial charge in [0.05, 0.1) is 10.6 Å². The van der Waals surface area contributed by atoms with Gasteiger partial charge in [0.1, 0.15) is 11.5 Å². The van der Waals surface area contributed by atoms with Gasteiger partial charge in [-0.05, 0) is 67.7 Å². The van der Waals surface area contributed by atoms with E-state index in [-0.39, 0.29) is 4.90 Å². The lowest BCUT2D eigenvalue weighted by molar-refractivity contribution is 0.312. The molecule has 0 amide bonds. The minimum absolute atomic E-state index is 0.143. The normalized spacial score (nSPS) is 14.4. The molecule has 0 aliphatic carbocycles. The fraction of sp³-hybridized carbons (Fsp3) is 0.185. The first kappa shape index (κ1) is 23.8. The fourth-order valence-electron chi connectivity index (χ4n) is 3.95. The molecule has 36 heavy (non-hydrogen) atoms. The van der Waals surface area contributed by atoms with Crippen LogP contribution in [0.5, 0.6) is 11.5 Å². The van der Waals surface area contributed by atoms with Crippen molar-refractivity contribution in [1.29, 1.82) is 0 Å². The molecule has 1 aliphatic heterocycles. The lowest BCUT2D eigenvalue weighted by Crippen LogP contribution is -2.44. The Labute approximate surface area is 211 Å². The summed E-state index contributed by atoms with van der Waals surface area (Å²) < 4.78 is 34.3. The van der Waals surface area contributed by atoms with Gasteiger partial charge in [-0.2, -0.15) is 0 Å². The lowest BCUT2D eigenvalue weighted by atomic mass is 10.1. The van der Waals surface area contributed by atoms with E-state index in [1.54, 1.807) is 30.3 Å². The Morgan fingerprint density at radius 1 is 0.778 bits per heavy atom. The molecule has 4 aromatic rings. The SMILES string of the molecule is CN1CCN(c2ccc(-c3cccc(NS(=O)(=O)c4ccc(Oc5ccccc5)cc4)c3)nn2)CC1. The molecule has 8 nitrogen and oxygen atoms in total. The van der Waals surface area contributed by atoms with Gasteiger partial charge in [-0.1, -0.05) is 30.3 Å². The molecule has 3 aromatic carbocycles. The number of hydrogen-bond donors (Lipinski definition) is 1. The molecule has 1 saturated heterocycles. The summed E-state index contributed by atoms with van der Waals surface area (Å²) in [5.74, 6) is 2.09. The first-order chi connectivity index (χ1) is 17.5. The highest BCUT2D eigenvalue weighted by Gasteiger charge is 2.17. The van der Waals surface area contributed by atoms with Crippen molar-refractivity contribution in [3.05, 3.63) is 91.0 Å². The third-order valence-corrected chi connectivity index (χ3v) is 7.40. The zero-order valence-electron chi connectivity index (χ0n) is 19.9. The first-order valence-corrected chi connectivity index (χ1v) is 13.2. The van der Waals surface area contributed by atoms with Crippen molar-refractivity contribution in [1.82, 2.24) is 15.1 Å². The molecule has 184 valence electrons. The van der Waals surface area contributed by atoms with Crippen molar-refractivity contribution in [3.8, 4) is 22.8 Å². The van der Waals surface area contributed by atoms with Crippen LogP contribution in [0.25, 0.3) is 11.3 Å². The molecule has 0 unspecified atom stereocenters. The van der Waals surface area contributed by atoms with Gasteiger partial charge in [0, 0.05) is 37.4 Å². The second-order valence-electron chi connectivity index (χ2n) is 8.64. The number of sulfonamides is 1. The zero-order chi connectivity index (χ0) is 25.0. The summed E-state index contributed by atoms with van der Waals surface area (Å²) in [5.41, 5.74) is 1.90. The van der Waals surface area contributed by atoms with Crippen LogP contribution in [0.1, 0.15) is 0 Å². The van der Waals surface area contributed by atoms with Crippen molar-refractivity contribution < 1.29 is 13.2 Å². The largest absolute Gasteiger partial charge is 0.457 e. The van der Waals surface area contributed by atoms with Gasteiger partial charge in [0.25, 0.3) is 10.0 Å². The summed E-state index contributed by atoms with van der Waals surface area (Å²) in [4.78, 5) is 4.65. The predicted molar refractivity (Wildman–Crippen MR) is 141 cm³/mol. The Balaban J connectivity index is 1.27. The summed E-state index contributed by atoms with van der Waals surface area (Å²) in [6.07, 6.45) is 0. The van der Waals surface area contributed by atoms with Gasteiger partial charge in [0.15, 0.2) is 5.82 Å². The number of ether oxygens (including phenoxy) is 1. The van der Waals surface area contributed by atoms with Gasteiger partial charge < -0.3 is 14.5 Å². The third kappa shape index (κ3) is 5.64. The number of nitrogens with one attached hydrogen (secondary N) is 1. The van der Waals surface area contributed by atoms with Crippen LogP contribution in [-0.4, -0.2) is 56.7 Å². The maximum atomic E-state index is 13.0. The number of para-hydroxylation sites is 1. The van der Waals surface area contributed by atoms with E-state index in [9.17, 15) is 8.42 Å². The molecular formula is C27H27N5O3S. The summed E-state index contributed by atoms with van der Waals surface area (Å²) >= 11 is 0. The molecule has 0 radical (unpaired) electrons. The summed E-state index contributed by atoms with van der Waals surface area (Å²) in [5, 5.41) is 8.79. The molecule has 1 N–H and O–H groups in total. The second-order valence-corrected chi connectivity index (χ2v) is 10.3. The molecule has 0 saturated carbocycles. The Morgan fingerprint density at radius 3 is 2.19 bits per heavy atom. The Morgan fingerprint density at radius 2 is 1.50 bits per heavy atom. The molecule has 0 atom stereocenters. The highest BCUT2D eigenvalue weighted by molar-refractivity contribution is 7.92. The summed E-state index contributed by atoms with van der Waals surface area (Å²) in [7, 11) is -1.67. The maximum absolute atomic E-state index is 13.0. The summed E-state index contributed by atoms with van der Waals surface area (Å²) in [6, 6.07) is 26.7. The molecule has 2 heterocycles. The minimum atomic E-state index is -3.78. The number of aromatic nitrogens is 2. The highest BCUT2D eigenvalue weighted by atomic mass is 32.2. The maximum Gasteiger partial charge on any atom is 0.261 e. The molecule has 0 spiro atoms. The van der Waals surface area contributed by atoms with Crippen molar-refractivity contribution >= 4 is 21.5 Å². The van der Waals surface area contributed by atoms with Crippen LogP contribution in [0.3, 0.4) is 0 Å². The first-order valence-electron chi connectivity index (χ1n) is 11.7. The molecule has 1 aromatic heterocycles. The molecule has 5 rings (SSSR count). The standard InChI is InChI=1S/C27H27N5O3S/c1-31-16-18-32(19-17-31)27-15-14-26(28-29-27)21-6-5-7-22(20-21)30-36(33,34)25-12-10-24(11-13-25)35-23-8-3-2-4-9-23/h2-15,20,30H,16-19H2,1H3. The average Bonchev–Trinajstić information content (AvgIpc) is 2.90. The molecule has 1 aliphatic rings. The van der Waals surface area contributed by atoms with Gasteiger partial charge in [-0.25, -0.2) is 8.42 Å². The second kappa shape index (κ2) is 10.3. The Bertz CT molecular complexity index is 1400. The molecule has 0 bridgehead atoms.